The Morgan fingerprint density at radius 2 is 2.00 bits per heavy atom. The molecule has 1 aromatic carbocycles. The molecule has 3 N–H and O–H groups in total. The Morgan fingerprint density at radius 1 is 1.33 bits per heavy atom. The van der Waals surface area contributed by atoms with Crippen molar-refractivity contribution < 1.29 is 4.79 Å². The lowest BCUT2D eigenvalue weighted by Gasteiger charge is -2.23. The standard InChI is InChI=1S/C14H22N2OS/c1-14(2,13(17)16-10-6-9-15)18-11-12-7-4-3-5-8-12/h3-5,7-8H,6,9-11,15H2,1-2H3,(H,16,17). The Bertz CT molecular complexity index is 365. The summed E-state index contributed by atoms with van der Waals surface area (Å²) >= 11 is 1.65. The molecule has 0 saturated carbocycles. The Hall–Kier alpha value is -1.00. The van der Waals surface area contributed by atoms with E-state index in [1.807, 2.05) is 32.0 Å². The number of thioether (sulfide) groups is 1. The quantitative estimate of drug-likeness (QED) is 0.744. The molecule has 1 amide bonds. The molecule has 0 heterocycles. The summed E-state index contributed by atoms with van der Waals surface area (Å²) in [6.45, 7) is 5.18. The third-order valence-corrected chi connectivity index (χ3v) is 4.04. The highest BCUT2D eigenvalue weighted by Crippen LogP contribution is 2.28. The highest BCUT2D eigenvalue weighted by Gasteiger charge is 2.27. The van der Waals surface area contributed by atoms with Gasteiger partial charge in [0.15, 0.2) is 0 Å². The van der Waals surface area contributed by atoms with E-state index >= 15 is 0 Å². The van der Waals surface area contributed by atoms with Crippen LogP contribution in [0.3, 0.4) is 0 Å². The number of nitrogens with one attached hydrogen (secondary N) is 1. The molecule has 0 radical (unpaired) electrons. The highest BCUT2D eigenvalue weighted by molar-refractivity contribution is 8.00. The van der Waals surface area contributed by atoms with E-state index in [9.17, 15) is 4.79 Å². The summed E-state index contributed by atoms with van der Waals surface area (Å²) < 4.78 is -0.412. The first kappa shape index (κ1) is 15.1. The first-order valence-electron chi connectivity index (χ1n) is 6.22. The maximum absolute atomic E-state index is 12.0. The zero-order chi connectivity index (χ0) is 13.4. The average molecular weight is 266 g/mol. The maximum atomic E-state index is 12.0. The Morgan fingerprint density at radius 3 is 2.61 bits per heavy atom. The number of carbonyl (C=O) groups is 1. The summed E-state index contributed by atoms with van der Waals surface area (Å²) in [5.74, 6) is 0.926. The molecular weight excluding hydrogens is 244 g/mol. The molecule has 0 fully saturated rings. The molecule has 0 aromatic heterocycles. The minimum Gasteiger partial charge on any atom is -0.355 e. The van der Waals surface area contributed by atoms with Crippen molar-refractivity contribution in [2.75, 3.05) is 13.1 Å². The second-order valence-corrected chi connectivity index (χ2v) is 6.28. The molecular formula is C14H22N2OS. The van der Waals surface area contributed by atoms with Gasteiger partial charge in [0.25, 0.3) is 0 Å². The molecule has 4 heteroatoms. The molecule has 0 aliphatic rings. The number of amides is 1. The van der Waals surface area contributed by atoms with E-state index in [0.29, 0.717) is 13.1 Å². The third-order valence-electron chi connectivity index (χ3n) is 2.66. The van der Waals surface area contributed by atoms with Crippen LogP contribution in [-0.2, 0) is 10.5 Å². The zero-order valence-corrected chi connectivity index (χ0v) is 11.9. The third kappa shape index (κ3) is 5.10. The van der Waals surface area contributed by atoms with Gasteiger partial charge < -0.3 is 11.1 Å². The fourth-order valence-electron chi connectivity index (χ4n) is 1.42. The fraction of sp³-hybridized carbons (Fsp3) is 0.500. The van der Waals surface area contributed by atoms with Crippen molar-refractivity contribution >= 4 is 17.7 Å². The van der Waals surface area contributed by atoms with Crippen LogP contribution in [0, 0.1) is 0 Å². The number of hydrogen-bond donors (Lipinski definition) is 2. The first-order valence-corrected chi connectivity index (χ1v) is 7.21. The van der Waals surface area contributed by atoms with Crippen LogP contribution in [-0.4, -0.2) is 23.7 Å². The predicted molar refractivity (Wildman–Crippen MR) is 78.5 cm³/mol. The molecule has 0 aliphatic carbocycles. The van der Waals surface area contributed by atoms with Crippen molar-refractivity contribution in [1.29, 1.82) is 0 Å². The van der Waals surface area contributed by atoms with Crippen LogP contribution in [0.2, 0.25) is 0 Å². The summed E-state index contributed by atoms with van der Waals surface area (Å²) in [5.41, 5.74) is 6.64. The maximum Gasteiger partial charge on any atom is 0.235 e. The van der Waals surface area contributed by atoms with Crippen molar-refractivity contribution in [3.63, 3.8) is 0 Å². The largest absolute Gasteiger partial charge is 0.355 e. The number of nitrogens with two attached hydrogens (primary N) is 1. The van der Waals surface area contributed by atoms with Crippen LogP contribution in [0.5, 0.6) is 0 Å². The lowest BCUT2D eigenvalue weighted by atomic mass is 10.2. The van der Waals surface area contributed by atoms with Crippen molar-refractivity contribution in [2.45, 2.75) is 30.8 Å². The van der Waals surface area contributed by atoms with E-state index in [-0.39, 0.29) is 5.91 Å². The van der Waals surface area contributed by atoms with Gasteiger partial charge in [-0.3, -0.25) is 4.79 Å². The summed E-state index contributed by atoms with van der Waals surface area (Å²) in [7, 11) is 0. The van der Waals surface area contributed by atoms with Gasteiger partial charge in [0, 0.05) is 12.3 Å². The SMILES string of the molecule is CC(C)(SCc1ccccc1)C(=O)NCCCN. The van der Waals surface area contributed by atoms with E-state index in [2.05, 4.69) is 17.4 Å². The van der Waals surface area contributed by atoms with Crippen LogP contribution < -0.4 is 11.1 Å². The average Bonchev–Trinajstić information content (AvgIpc) is 2.38. The minimum absolute atomic E-state index is 0.0804. The molecule has 18 heavy (non-hydrogen) atoms. The molecule has 0 aliphatic heterocycles. The minimum atomic E-state index is -0.412. The zero-order valence-electron chi connectivity index (χ0n) is 11.1. The number of hydrogen-bond acceptors (Lipinski definition) is 3. The van der Waals surface area contributed by atoms with Crippen molar-refractivity contribution in [3.05, 3.63) is 35.9 Å². The number of carbonyl (C=O) groups excluding carboxylic acids is 1. The molecule has 3 nitrogen and oxygen atoms in total. The van der Waals surface area contributed by atoms with Crippen LogP contribution >= 0.6 is 11.8 Å². The van der Waals surface area contributed by atoms with Crippen molar-refractivity contribution in [3.8, 4) is 0 Å². The van der Waals surface area contributed by atoms with Gasteiger partial charge in [0.1, 0.15) is 0 Å². The fourth-order valence-corrected chi connectivity index (χ4v) is 2.34. The van der Waals surface area contributed by atoms with Gasteiger partial charge in [-0.15, -0.1) is 11.8 Å². The monoisotopic (exact) mass is 266 g/mol. The van der Waals surface area contributed by atoms with E-state index in [1.54, 1.807) is 11.8 Å². The highest BCUT2D eigenvalue weighted by atomic mass is 32.2. The molecule has 0 saturated heterocycles. The van der Waals surface area contributed by atoms with E-state index in [1.165, 1.54) is 5.56 Å². The van der Waals surface area contributed by atoms with Gasteiger partial charge in [-0.25, -0.2) is 0 Å². The van der Waals surface area contributed by atoms with Gasteiger partial charge in [0.2, 0.25) is 5.91 Å². The second-order valence-electron chi connectivity index (χ2n) is 4.68. The summed E-state index contributed by atoms with van der Waals surface area (Å²) in [5, 5.41) is 2.92. The second kappa shape index (κ2) is 7.44. The van der Waals surface area contributed by atoms with E-state index in [4.69, 9.17) is 5.73 Å². The van der Waals surface area contributed by atoms with Crippen LogP contribution in [0.4, 0.5) is 0 Å². The Balaban J connectivity index is 2.41. The first-order chi connectivity index (χ1) is 8.56. The molecule has 1 rings (SSSR count). The lowest BCUT2D eigenvalue weighted by molar-refractivity contribution is -0.122. The van der Waals surface area contributed by atoms with Gasteiger partial charge in [-0.2, -0.15) is 0 Å². The van der Waals surface area contributed by atoms with Crippen molar-refractivity contribution in [2.24, 2.45) is 5.73 Å². The van der Waals surface area contributed by atoms with E-state index in [0.717, 1.165) is 12.2 Å². The smallest absolute Gasteiger partial charge is 0.235 e. The lowest BCUT2D eigenvalue weighted by Crippen LogP contribution is -2.40. The molecule has 0 atom stereocenters. The predicted octanol–water partition coefficient (Wildman–Crippen LogP) is 2.16. The summed E-state index contributed by atoms with van der Waals surface area (Å²) in [4.78, 5) is 12.0. The molecule has 0 spiro atoms. The Kier molecular flexibility index (Phi) is 6.22. The van der Waals surface area contributed by atoms with Crippen molar-refractivity contribution in [1.82, 2.24) is 5.32 Å². The van der Waals surface area contributed by atoms with Crippen LogP contribution in [0.25, 0.3) is 0 Å². The van der Waals surface area contributed by atoms with Gasteiger partial charge in [-0.05, 0) is 32.4 Å². The molecule has 100 valence electrons. The summed E-state index contributed by atoms with van der Waals surface area (Å²) in [6, 6.07) is 10.2. The molecule has 1 aromatic rings. The molecule has 0 bridgehead atoms. The number of benzene rings is 1. The topological polar surface area (TPSA) is 55.1 Å². The summed E-state index contributed by atoms with van der Waals surface area (Å²) in [6.07, 6.45) is 0.825. The number of rotatable bonds is 7. The van der Waals surface area contributed by atoms with E-state index < -0.39 is 4.75 Å². The van der Waals surface area contributed by atoms with Crippen LogP contribution in [0.1, 0.15) is 25.8 Å². The van der Waals surface area contributed by atoms with Gasteiger partial charge in [0.05, 0.1) is 4.75 Å². The van der Waals surface area contributed by atoms with Crippen LogP contribution in [0.15, 0.2) is 30.3 Å². The normalized spacial score (nSPS) is 11.3. The van der Waals surface area contributed by atoms with Gasteiger partial charge in [-0.1, -0.05) is 30.3 Å². The Labute approximate surface area is 114 Å². The molecule has 0 unspecified atom stereocenters. The van der Waals surface area contributed by atoms with Gasteiger partial charge >= 0.3 is 0 Å².